The minimum absolute atomic E-state index is 0.317. The van der Waals surface area contributed by atoms with E-state index in [9.17, 15) is 9.59 Å². The lowest BCUT2D eigenvalue weighted by Crippen LogP contribution is -2.39. The van der Waals surface area contributed by atoms with Gasteiger partial charge in [-0.05, 0) is 19.1 Å². The maximum atomic E-state index is 10.9. The monoisotopic (exact) mass is 288 g/mol. The highest BCUT2D eigenvalue weighted by Crippen LogP contribution is 2.17. The van der Waals surface area contributed by atoms with Crippen LogP contribution in [0.1, 0.15) is 24.0 Å². The van der Waals surface area contributed by atoms with Gasteiger partial charge in [0, 0.05) is 23.8 Å². The zero-order chi connectivity index (χ0) is 13.5. The lowest BCUT2D eigenvalue weighted by Gasteiger charge is -2.12. The molecule has 1 unspecified atom stereocenters. The molecule has 1 aromatic heterocycles. The number of nitrogens with zero attached hydrogens (tertiary/aromatic N) is 1. The molecule has 0 aliphatic rings. The highest BCUT2D eigenvalue weighted by atomic mass is 32.2. The number of rotatable bonds is 7. The topological polar surface area (TPSA) is 79.3 Å². The highest BCUT2D eigenvalue weighted by Gasteiger charge is 2.17. The number of hydrogen-bond acceptors (Lipinski definition) is 5. The van der Waals surface area contributed by atoms with Crippen molar-refractivity contribution in [1.29, 1.82) is 0 Å². The summed E-state index contributed by atoms with van der Waals surface area (Å²) in [6, 6.07) is -0.798. The minimum atomic E-state index is -0.990. The fourth-order valence-corrected chi connectivity index (χ4v) is 3.20. The molecule has 0 saturated carbocycles. The van der Waals surface area contributed by atoms with Crippen LogP contribution in [0, 0.1) is 6.92 Å². The van der Waals surface area contributed by atoms with E-state index in [2.05, 4.69) is 10.3 Å². The molecule has 1 rings (SSSR count). The summed E-state index contributed by atoms with van der Waals surface area (Å²) >= 11 is 3.23. The van der Waals surface area contributed by atoms with Crippen molar-refractivity contribution in [3.63, 3.8) is 0 Å². The Morgan fingerprint density at radius 2 is 2.33 bits per heavy atom. The van der Waals surface area contributed by atoms with Crippen LogP contribution in [0.3, 0.4) is 0 Å². The van der Waals surface area contributed by atoms with Gasteiger partial charge in [-0.1, -0.05) is 0 Å². The lowest BCUT2D eigenvalue weighted by atomic mass is 10.2. The SMILES string of the molecule is CC(=O)NC(CCSCc1nc(C)cs1)C(=O)O. The molecule has 0 aliphatic heterocycles. The molecule has 1 amide bonds. The molecule has 0 fully saturated rings. The summed E-state index contributed by atoms with van der Waals surface area (Å²) in [5.74, 6) is 0.152. The number of nitrogens with one attached hydrogen (secondary N) is 1. The van der Waals surface area contributed by atoms with Gasteiger partial charge in [0.2, 0.25) is 5.91 Å². The van der Waals surface area contributed by atoms with Gasteiger partial charge in [-0.3, -0.25) is 4.79 Å². The van der Waals surface area contributed by atoms with Crippen LogP contribution in [0.4, 0.5) is 0 Å². The van der Waals surface area contributed by atoms with Gasteiger partial charge < -0.3 is 10.4 Å². The molecule has 0 saturated heterocycles. The van der Waals surface area contributed by atoms with Crippen molar-refractivity contribution in [2.24, 2.45) is 0 Å². The van der Waals surface area contributed by atoms with Crippen LogP contribution in [-0.4, -0.2) is 33.8 Å². The molecule has 7 heteroatoms. The molecule has 0 aliphatic carbocycles. The van der Waals surface area contributed by atoms with E-state index in [0.29, 0.717) is 12.2 Å². The van der Waals surface area contributed by atoms with Crippen molar-refractivity contribution < 1.29 is 14.7 Å². The number of amides is 1. The second-order valence-corrected chi connectivity index (χ2v) is 5.86. The Bertz CT molecular complexity index is 420. The summed E-state index contributed by atoms with van der Waals surface area (Å²) in [5, 5.41) is 14.4. The van der Waals surface area contributed by atoms with E-state index < -0.39 is 12.0 Å². The average Bonchev–Trinajstić information content (AvgIpc) is 2.68. The van der Waals surface area contributed by atoms with Crippen LogP contribution >= 0.6 is 23.1 Å². The first-order chi connectivity index (χ1) is 8.49. The van der Waals surface area contributed by atoms with Gasteiger partial charge in [0.25, 0.3) is 0 Å². The normalized spacial score (nSPS) is 12.1. The number of aromatic nitrogens is 1. The minimum Gasteiger partial charge on any atom is -0.480 e. The van der Waals surface area contributed by atoms with E-state index in [1.807, 2.05) is 12.3 Å². The van der Waals surface area contributed by atoms with Crippen LogP contribution in [0.2, 0.25) is 0 Å². The Kier molecular flexibility index (Phi) is 6.14. The van der Waals surface area contributed by atoms with Crippen molar-refractivity contribution >= 4 is 35.0 Å². The second-order valence-electron chi connectivity index (χ2n) is 3.82. The molecule has 0 radical (unpaired) electrons. The first-order valence-electron chi connectivity index (χ1n) is 5.47. The molecule has 1 heterocycles. The summed E-state index contributed by atoms with van der Waals surface area (Å²) < 4.78 is 0. The molecular formula is C11H16N2O3S2. The third-order valence-corrected chi connectivity index (χ3v) is 4.27. The van der Waals surface area contributed by atoms with E-state index in [1.54, 1.807) is 23.1 Å². The molecule has 100 valence electrons. The molecule has 0 spiro atoms. The Hall–Kier alpha value is -1.08. The Morgan fingerprint density at radius 1 is 1.61 bits per heavy atom. The number of carbonyl (C=O) groups is 2. The first-order valence-corrected chi connectivity index (χ1v) is 7.51. The van der Waals surface area contributed by atoms with E-state index in [4.69, 9.17) is 5.11 Å². The summed E-state index contributed by atoms with van der Waals surface area (Å²) in [6.07, 6.45) is 0.421. The molecule has 18 heavy (non-hydrogen) atoms. The van der Waals surface area contributed by atoms with Gasteiger partial charge in [0.15, 0.2) is 0 Å². The largest absolute Gasteiger partial charge is 0.480 e. The maximum Gasteiger partial charge on any atom is 0.326 e. The molecular weight excluding hydrogens is 272 g/mol. The summed E-state index contributed by atoms with van der Waals surface area (Å²) in [4.78, 5) is 26.0. The smallest absolute Gasteiger partial charge is 0.326 e. The second kappa shape index (κ2) is 7.38. The standard InChI is InChI=1S/C11H16N2O3S2/c1-7-5-18-10(12-7)6-17-4-3-9(11(15)16)13-8(2)14/h5,9H,3-4,6H2,1-2H3,(H,13,14)(H,15,16). The van der Waals surface area contributed by atoms with Crippen molar-refractivity contribution in [3.05, 3.63) is 16.1 Å². The highest BCUT2D eigenvalue weighted by molar-refractivity contribution is 7.98. The fourth-order valence-electron chi connectivity index (χ4n) is 1.33. The van der Waals surface area contributed by atoms with Gasteiger partial charge >= 0.3 is 5.97 Å². The fraction of sp³-hybridized carbons (Fsp3) is 0.545. The van der Waals surface area contributed by atoms with E-state index >= 15 is 0 Å². The van der Waals surface area contributed by atoms with Crippen LogP contribution < -0.4 is 5.32 Å². The number of thioether (sulfide) groups is 1. The number of aliphatic carboxylic acids is 1. The van der Waals surface area contributed by atoms with E-state index in [-0.39, 0.29) is 5.91 Å². The Labute approximate surface area is 114 Å². The summed E-state index contributed by atoms with van der Waals surface area (Å²) in [5.41, 5.74) is 1.01. The van der Waals surface area contributed by atoms with Crippen molar-refractivity contribution in [2.75, 3.05) is 5.75 Å². The van der Waals surface area contributed by atoms with Crippen LogP contribution in [0.15, 0.2) is 5.38 Å². The number of carboxylic acids is 1. The van der Waals surface area contributed by atoms with Gasteiger partial charge in [-0.15, -0.1) is 11.3 Å². The number of thiazole rings is 1. The summed E-state index contributed by atoms with van der Waals surface area (Å²) in [7, 11) is 0. The Balaban J connectivity index is 2.26. The number of hydrogen-bond donors (Lipinski definition) is 2. The number of carbonyl (C=O) groups excluding carboxylic acids is 1. The van der Waals surface area contributed by atoms with E-state index in [0.717, 1.165) is 16.5 Å². The van der Waals surface area contributed by atoms with Crippen molar-refractivity contribution in [1.82, 2.24) is 10.3 Å². The zero-order valence-electron chi connectivity index (χ0n) is 10.3. The lowest BCUT2D eigenvalue weighted by molar-refractivity contribution is -0.141. The molecule has 0 aromatic carbocycles. The molecule has 1 aromatic rings. The third kappa shape index (κ3) is 5.50. The Morgan fingerprint density at radius 3 is 2.83 bits per heavy atom. The number of carboxylic acid groups (broad SMARTS) is 1. The zero-order valence-corrected chi connectivity index (χ0v) is 11.9. The third-order valence-electron chi connectivity index (χ3n) is 2.12. The molecule has 2 N–H and O–H groups in total. The van der Waals surface area contributed by atoms with Crippen molar-refractivity contribution in [2.45, 2.75) is 32.1 Å². The maximum absolute atomic E-state index is 10.9. The van der Waals surface area contributed by atoms with Crippen molar-refractivity contribution in [3.8, 4) is 0 Å². The predicted octanol–water partition coefficient (Wildman–Crippen LogP) is 1.66. The van der Waals surface area contributed by atoms with E-state index in [1.165, 1.54) is 6.92 Å². The molecule has 1 atom stereocenters. The predicted molar refractivity (Wildman–Crippen MR) is 72.9 cm³/mol. The van der Waals surface area contributed by atoms with Gasteiger partial charge in [-0.2, -0.15) is 11.8 Å². The van der Waals surface area contributed by atoms with Gasteiger partial charge in [0.1, 0.15) is 11.0 Å². The quantitative estimate of drug-likeness (QED) is 0.746. The van der Waals surface area contributed by atoms with Crippen LogP contribution in [0.5, 0.6) is 0 Å². The van der Waals surface area contributed by atoms with Gasteiger partial charge in [-0.25, -0.2) is 9.78 Å². The van der Waals surface area contributed by atoms with Gasteiger partial charge in [0.05, 0.1) is 0 Å². The van der Waals surface area contributed by atoms with Crippen LogP contribution in [0.25, 0.3) is 0 Å². The first kappa shape index (κ1) is 15.0. The summed E-state index contributed by atoms with van der Waals surface area (Å²) in [6.45, 7) is 3.27. The number of aryl methyl sites for hydroxylation is 1. The van der Waals surface area contributed by atoms with Crippen LogP contribution in [-0.2, 0) is 15.3 Å². The molecule has 0 bridgehead atoms. The molecule has 5 nitrogen and oxygen atoms in total. The average molecular weight is 288 g/mol.